The summed E-state index contributed by atoms with van der Waals surface area (Å²) in [6, 6.07) is 0. The Kier molecular flexibility index (Phi) is 1.53. The van der Waals surface area contributed by atoms with Gasteiger partial charge in [0.05, 0.1) is 6.21 Å². The first-order valence-corrected chi connectivity index (χ1v) is 3.51. The molecule has 0 aromatic heterocycles. The number of aliphatic imine (C=N–C) groups is 2. The van der Waals surface area contributed by atoms with Crippen molar-refractivity contribution in [1.29, 1.82) is 0 Å². The van der Waals surface area contributed by atoms with Gasteiger partial charge in [0, 0.05) is 0 Å². The van der Waals surface area contributed by atoms with Crippen molar-refractivity contribution >= 4 is 23.8 Å². The Morgan fingerprint density at radius 2 is 2.62 bits per heavy atom. The van der Waals surface area contributed by atoms with E-state index >= 15 is 0 Å². The van der Waals surface area contributed by atoms with Crippen LogP contribution in [0.25, 0.3) is 0 Å². The number of amidine groups is 1. The Morgan fingerprint density at radius 1 is 1.88 bits per heavy atom. The molecule has 4 heteroatoms. The fourth-order valence-electron chi connectivity index (χ4n) is 0.448. The third-order valence-electron chi connectivity index (χ3n) is 0.805. The van der Waals surface area contributed by atoms with E-state index in [1.54, 1.807) is 18.0 Å². The van der Waals surface area contributed by atoms with Gasteiger partial charge in [0.15, 0.2) is 5.50 Å². The molecule has 1 heterocycles. The quantitative estimate of drug-likeness (QED) is 0.545. The van der Waals surface area contributed by atoms with Crippen molar-refractivity contribution in [3.05, 3.63) is 0 Å². The molecule has 0 radical (unpaired) electrons. The number of thioether (sulfide) groups is 1. The summed E-state index contributed by atoms with van der Waals surface area (Å²) >= 11 is 1.57. The molecule has 1 aliphatic rings. The fraction of sp³-hybridized carbons (Fsp3) is 0.500. The van der Waals surface area contributed by atoms with Crippen LogP contribution in [-0.4, -0.2) is 23.8 Å². The molecule has 1 rings (SSSR count). The second kappa shape index (κ2) is 2.17. The van der Waals surface area contributed by atoms with Gasteiger partial charge in [-0.25, -0.2) is 4.99 Å². The lowest BCUT2D eigenvalue weighted by molar-refractivity contribution is 1.02. The highest BCUT2D eigenvalue weighted by Crippen LogP contribution is 2.11. The summed E-state index contributed by atoms with van der Waals surface area (Å²) in [5.41, 5.74) is 5.31. The van der Waals surface area contributed by atoms with E-state index in [4.69, 9.17) is 5.73 Å². The van der Waals surface area contributed by atoms with E-state index in [0.717, 1.165) is 0 Å². The molecule has 8 heavy (non-hydrogen) atoms. The minimum absolute atomic E-state index is 0.0231. The van der Waals surface area contributed by atoms with Gasteiger partial charge in [-0.3, -0.25) is 4.99 Å². The molecule has 1 unspecified atom stereocenters. The molecule has 0 bridgehead atoms. The SMILES string of the molecule is CSC1N=CC(N)=N1. The number of rotatable bonds is 1. The van der Waals surface area contributed by atoms with Crippen LogP contribution in [0.3, 0.4) is 0 Å². The number of nitrogens with two attached hydrogens (primary N) is 1. The largest absolute Gasteiger partial charge is 0.383 e. The second-order valence-electron chi connectivity index (χ2n) is 1.39. The Hall–Kier alpha value is -0.510. The van der Waals surface area contributed by atoms with Crippen LogP contribution in [-0.2, 0) is 0 Å². The Bertz CT molecular complexity index is 140. The van der Waals surface area contributed by atoms with E-state index in [1.807, 2.05) is 6.26 Å². The fourth-order valence-corrected chi connectivity index (χ4v) is 0.858. The summed E-state index contributed by atoms with van der Waals surface area (Å²) in [4.78, 5) is 7.89. The lowest BCUT2D eigenvalue weighted by atomic mass is 10.7. The summed E-state index contributed by atoms with van der Waals surface area (Å²) in [6.45, 7) is 0. The lowest BCUT2D eigenvalue weighted by Crippen LogP contribution is -2.09. The molecule has 2 N–H and O–H groups in total. The summed E-state index contributed by atoms with van der Waals surface area (Å²) < 4.78 is 0. The smallest absolute Gasteiger partial charge is 0.188 e. The predicted octanol–water partition coefficient (Wildman–Crippen LogP) is 0.0746. The molecule has 1 aliphatic heterocycles. The van der Waals surface area contributed by atoms with Crippen molar-refractivity contribution in [2.45, 2.75) is 5.50 Å². The maximum atomic E-state index is 5.29. The zero-order valence-electron chi connectivity index (χ0n) is 4.53. The van der Waals surface area contributed by atoms with Gasteiger partial charge in [0.1, 0.15) is 5.84 Å². The van der Waals surface area contributed by atoms with Crippen LogP contribution >= 0.6 is 11.8 Å². The molecule has 44 valence electrons. The van der Waals surface area contributed by atoms with E-state index in [1.165, 1.54) is 0 Å². The van der Waals surface area contributed by atoms with Crippen LogP contribution in [0.1, 0.15) is 0 Å². The second-order valence-corrected chi connectivity index (χ2v) is 2.29. The zero-order valence-corrected chi connectivity index (χ0v) is 5.35. The first-order valence-electron chi connectivity index (χ1n) is 2.22. The maximum absolute atomic E-state index is 5.29. The highest BCUT2D eigenvalue weighted by molar-refractivity contribution is 7.99. The number of hydrogen-bond donors (Lipinski definition) is 1. The van der Waals surface area contributed by atoms with Crippen LogP contribution < -0.4 is 5.73 Å². The molecule has 0 fully saturated rings. The van der Waals surface area contributed by atoms with Gasteiger partial charge in [-0.2, -0.15) is 0 Å². The Labute approximate surface area is 52.1 Å². The van der Waals surface area contributed by atoms with Gasteiger partial charge in [0.25, 0.3) is 0 Å². The third kappa shape index (κ3) is 1.01. The van der Waals surface area contributed by atoms with Crippen molar-refractivity contribution in [2.24, 2.45) is 15.7 Å². The van der Waals surface area contributed by atoms with Gasteiger partial charge in [-0.1, -0.05) is 0 Å². The highest BCUT2D eigenvalue weighted by atomic mass is 32.2. The summed E-state index contributed by atoms with van der Waals surface area (Å²) in [5.74, 6) is 0.532. The van der Waals surface area contributed by atoms with Gasteiger partial charge in [0.2, 0.25) is 0 Å². The van der Waals surface area contributed by atoms with Crippen molar-refractivity contribution < 1.29 is 0 Å². The van der Waals surface area contributed by atoms with Crippen LogP contribution in [0, 0.1) is 0 Å². The normalized spacial score (nSPS) is 26.1. The van der Waals surface area contributed by atoms with Crippen LogP contribution in [0.15, 0.2) is 9.98 Å². The molecule has 3 nitrogen and oxygen atoms in total. The molecule has 1 atom stereocenters. The van der Waals surface area contributed by atoms with E-state index in [2.05, 4.69) is 9.98 Å². The number of nitrogens with zero attached hydrogens (tertiary/aromatic N) is 2. The molecular formula is C4H7N3S. The molecule has 0 spiro atoms. The van der Waals surface area contributed by atoms with Gasteiger partial charge < -0.3 is 5.73 Å². The molecule has 0 amide bonds. The Balaban J connectivity index is 2.55. The van der Waals surface area contributed by atoms with Crippen LogP contribution in [0.4, 0.5) is 0 Å². The summed E-state index contributed by atoms with van der Waals surface area (Å²) in [5, 5.41) is 0. The first-order chi connectivity index (χ1) is 3.83. The monoisotopic (exact) mass is 129 g/mol. The first kappa shape index (κ1) is 5.62. The van der Waals surface area contributed by atoms with Gasteiger partial charge in [-0.05, 0) is 6.26 Å². The van der Waals surface area contributed by atoms with Crippen molar-refractivity contribution in [1.82, 2.24) is 0 Å². The third-order valence-corrected chi connectivity index (χ3v) is 1.45. The van der Waals surface area contributed by atoms with Gasteiger partial charge in [-0.15, -0.1) is 11.8 Å². The van der Waals surface area contributed by atoms with Crippen molar-refractivity contribution in [2.75, 3.05) is 6.26 Å². The van der Waals surface area contributed by atoms with Gasteiger partial charge >= 0.3 is 0 Å². The summed E-state index contributed by atoms with van der Waals surface area (Å²) in [7, 11) is 0. The average Bonchev–Trinajstić information content (AvgIpc) is 2.14. The lowest BCUT2D eigenvalue weighted by Gasteiger charge is -1.93. The molecule has 0 aliphatic carbocycles. The maximum Gasteiger partial charge on any atom is 0.188 e. The molecule has 0 saturated heterocycles. The van der Waals surface area contributed by atoms with E-state index in [9.17, 15) is 0 Å². The van der Waals surface area contributed by atoms with Crippen molar-refractivity contribution in [3.8, 4) is 0 Å². The van der Waals surface area contributed by atoms with Crippen LogP contribution in [0.5, 0.6) is 0 Å². The highest BCUT2D eigenvalue weighted by Gasteiger charge is 2.05. The predicted molar refractivity (Wildman–Crippen MR) is 37.4 cm³/mol. The van der Waals surface area contributed by atoms with Crippen molar-refractivity contribution in [3.63, 3.8) is 0 Å². The minimum Gasteiger partial charge on any atom is -0.383 e. The van der Waals surface area contributed by atoms with E-state index < -0.39 is 0 Å². The van der Waals surface area contributed by atoms with E-state index in [-0.39, 0.29) is 5.50 Å². The topological polar surface area (TPSA) is 50.7 Å². The molecular weight excluding hydrogens is 122 g/mol. The van der Waals surface area contributed by atoms with Crippen LogP contribution in [0.2, 0.25) is 0 Å². The molecule has 0 saturated carbocycles. The number of hydrogen-bond acceptors (Lipinski definition) is 4. The molecule has 0 aromatic carbocycles. The minimum atomic E-state index is 0.0231. The average molecular weight is 129 g/mol. The zero-order chi connectivity index (χ0) is 5.98. The summed E-state index contributed by atoms with van der Waals surface area (Å²) in [6.07, 6.45) is 3.53. The standard InChI is InChI=1S/C4H7N3S/c1-8-4-6-2-3(5)7-4/h2,4H,1H3,(H2,5,7). The van der Waals surface area contributed by atoms with E-state index in [0.29, 0.717) is 5.84 Å². The molecule has 0 aromatic rings. The Morgan fingerprint density at radius 3 is 2.88 bits per heavy atom.